The van der Waals surface area contributed by atoms with Crippen LogP contribution in [0.3, 0.4) is 0 Å². The van der Waals surface area contributed by atoms with Crippen LogP contribution in [-0.2, 0) is 19.6 Å². The van der Waals surface area contributed by atoms with Gasteiger partial charge in [0.25, 0.3) is 5.91 Å². The number of hydrogen-bond acceptors (Lipinski definition) is 5. The third kappa shape index (κ3) is 4.12. The Morgan fingerprint density at radius 1 is 1.29 bits per heavy atom. The van der Waals surface area contributed by atoms with Gasteiger partial charge in [-0.3, -0.25) is 9.59 Å². The van der Waals surface area contributed by atoms with E-state index in [4.69, 9.17) is 0 Å². The molecule has 1 heterocycles. The number of likely N-dealkylation sites (N-methyl/N-ethyl adjacent to an activating group) is 1. The number of methoxy groups -OCH3 is 1. The fourth-order valence-electron chi connectivity index (χ4n) is 2.72. The average Bonchev–Trinajstić information content (AvgIpc) is 2.61. The number of benzene rings is 1. The quantitative estimate of drug-likeness (QED) is 0.728. The van der Waals surface area contributed by atoms with Gasteiger partial charge >= 0.3 is 5.97 Å². The topological polar surface area (TPSA) is 84.0 Å². The van der Waals surface area contributed by atoms with E-state index in [2.05, 4.69) is 4.74 Å². The Balaban J connectivity index is 2.09. The number of sulfonamides is 1. The molecule has 132 valence electrons. The van der Waals surface area contributed by atoms with Crippen LogP contribution >= 0.6 is 0 Å². The summed E-state index contributed by atoms with van der Waals surface area (Å²) in [5.41, 5.74) is 0.540. The summed E-state index contributed by atoms with van der Waals surface area (Å²) in [5, 5.41) is -0.714. The number of ether oxygens (including phenoxy) is 1. The predicted octanol–water partition coefficient (Wildman–Crippen LogP) is 0.726. The van der Waals surface area contributed by atoms with Crippen molar-refractivity contribution < 1.29 is 22.7 Å². The van der Waals surface area contributed by atoms with Crippen molar-refractivity contribution in [2.24, 2.45) is 0 Å². The highest BCUT2D eigenvalue weighted by Gasteiger charge is 2.36. The summed E-state index contributed by atoms with van der Waals surface area (Å²) in [4.78, 5) is 25.4. The van der Waals surface area contributed by atoms with Crippen LogP contribution in [0, 0.1) is 0 Å². The lowest BCUT2D eigenvalue weighted by Crippen LogP contribution is -2.49. The normalized spacial score (nSPS) is 18.5. The van der Waals surface area contributed by atoms with Crippen LogP contribution in [0.5, 0.6) is 0 Å². The Morgan fingerprint density at radius 2 is 1.96 bits per heavy atom. The Hall–Kier alpha value is -1.93. The molecule has 1 atom stereocenters. The van der Waals surface area contributed by atoms with Crippen molar-refractivity contribution in [3.05, 3.63) is 35.9 Å². The van der Waals surface area contributed by atoms with Gasteiger partial charge in [0.05, 0.1) is 12.4 Å². The van der Waals surface area contributed by atoms with Gasteiger partial charge in [-0.2, -0.15) is 4.31 Å². The summed E-state index contributed by atoms with van der Waals surface area (Å²) < 4.78 is 30.8. The van der Waals surface area contributed by atoms with Gasteiger partial charge in [0.2, 0.25) is 10.0 Å². The van der Waals surface area contributed by atoms with Crippen LogP contribution in [0.15, 0.2) is 30.3 Å². The first-order valence-electron chi connectivity index (χ1n) is 7.72. The number of hydrogen-bond donors (Lipinski definition) is 0. The Bertz CT molecular complexity index is 690. The van der Waals surface area contributed by atoms with E-state index in [0.717, 1.165) is 4.31 Å². The molecule has 8 heteroatoms. The van der Waals surface area contributed by atoms with Crippen molar-refractivity contribution in [2.45, 2.75) is 18.1 Å². The molecule has 7 nitrogen and oxygen atoms in total. The molecule has 0 bridgehead atoms. The molecule has 2 rings (SSSR count). The molecule has 1 amide bonds. The smallest absolute Gasteiger partial charge is 0.320 e. The molecule has 1 aromatic carbocycles. The maximum absolute atomic E-state index is 12.6. The van der Waals surface area contributed by atoms with Crippen molar-refractivity contribution in [3.8, 4) is 0 Å². The Kier molecular flexibility index (Phi) is 5.95. The number of esters is 1. The second-order valence-electron chi connectivity index (χ2n) is 5.76. The monoisotopic (exact) mass is 354 g/mol. The van der Waals surface area contributed by atoms with Gasteiger partial charge in [-0.1, -0.05) is 18.2 Å². The number of likely N-dealkylation sites (tertiary alicyclic amines) is 1. The highest BCUT2D eigenvalue weighted by Crippen LogP contribution is 2.21. The summed E-state index contributed by atoms with van der Waals surface area (Å²) in [6.45, 7) is 0.323. The van der Waals surface area contributed by atoms with E-state index in [-0.39, 0.29) is 19.0 Å². The van der Waals surface area contributed by atoms with Gasteiger partial charge in [0.1, 0.15) is 6.54 Å². The zero-order valence-corrected chi connectivity index (χ0v) is 14.7. The standard InChI is InChI=1S/C16H22N2O5S/c1-17(12-15(19)23-2)24(21,22)14-9-6-10-18(11-14)16(20)13-7-4-3-5-8-13/h3-5,7-8,14H,6,9-12H2,1-2H3/t14-/m0/s1. The van der Waals surface area contributed by atoms with E-state index in [1.807, 2.05) is 6.07 Å². The van der Waals surface area contributed by atoms with Crippen molar-refractivity contribution in [1.82, 2.24) is 9.21 Å². The lowest BCUT2D eigenvalue weighted by Gasteiger charge is -2.34. The lowest BCUT2D eigenvalue weighted by molar-refractivity contribution is -0.140. The van der Waals surface area contributed by atoms with Gasteiger partial charge < -0.3 is 9.64 Å². The Labute approximate surface area is 142 Å². The molecule has 0 aromatic heterocycles. The first-order valence-corrected chi connectivity index (χ1v) is 9.23. The van der Waals surface area contributed by atoms with E-state index >= 15 is 0 Å². The minimum absolute atomic E-state index is 0.127. The molecule has 1 fully saturated rings. The van der Waals surface area contributed by atoms with Gasteiger partial charge in [0.15, 0.2) is 0 Å². The lowest BCUT2D eigenvalue weighted by atomic mass is 10.1. The van der Waals surface area contributed by atoms with E-state index in [9.17, 15) is 18.0 Å². The van der Waals surface area contributed by atoms with E-state index in [1.165, 1.54) is 14.2 Å². The van der Waals surface area contributed by atoms with Crippen LogP contribution in [-0.4, -0.2) is 68.5 Å². The highest BCUT2D eigenvalue weighted by atomic mass is 32.2. The molecule has 24 heavy (non-hydrogen) atoms. The molecule has 1 aliphatic heterocycles. The molecule has 1 saturated heterocycles. The third-order valence-corrected chi connectivity index (χ3v) is 6.35. The maximum atomic E-state index is 12.6. The summed E-state index contributed by atoms with van der Waals surface area (Å²) in [7, 11) is -1.11. The van der Waals surface area contributed by atoms with E-state index in [1.54, 1.807) is 29.2 Å². The van der Waals surface area contributed by atoms with Crippen LogP contribution in [0.4, 0.5) is 0 Å². The van der Waals surface area contributed by atoms with Gasteiger partial charge in [-0.15, -0.1) is 0 Å². The summed E-state index contributed by atoms with van der Waals surface area (Å²) in [6, 6.07) is 8.79. The number of nitrogens with zero attached hydrogens (tertiary/aromatic N) is 2. The molecule has 0 aliphatic carbocycles. The fraction of sp³-hybridized carbons (Fsp3) is 0.500. The summed E-state index contributed by atoms with van der Waals surface area (Å²) in [6.07, 6.45) is 1.07. The second kappa shape index (κ2) is 7.76. The largest absolute Gasteiger partial charge is 0.468 e. The summed E-state index contributed by atoms with van der Waals surface area (Å²) in [5.74, 6) is -0.791. The third-order valence-electron chi connectivity index (χ3n) is 4.12. The van der Waals surface area contributed by atoms with Crippen molar-refractivity contribution in [3.63, 3.8) is 0 Å². The van der Waals surface area contributed by atoms with Crippen molar-refractivity contribution in [1.29, 1.82) is 0 Å². The molecule has 0 N–H and O–H groups in total. The van der Waals surface area contributed by atoms with E-state index < -0.39 is 21.2 Å². The van der Waals surface area contributed by atoms with Crippen LogP contribution in [0.25, 0.3) is 0 Å². The minimum Gasteiger partial charge on any atom is -0.468 e. The molecule has 0 unspecified atom stereocenters. The maximum Gasteiger partial charge on any atom is 0.320 e. The average molecular weight is 354 g/mol. The molecular formula is C16H22N2O5S. The number of rotatable bonds is 5. The first-order chi connectivity index (χ1) is 11.4. The Morgan fingerprint density at radius 3 is 2.58 bits per heavy atom. The van der Waals surface area contributed by atoms with Gasteiger partial charge in [-0.25, -0.2) is 8.42 Å². The number of carbonyl (C=O) groups excluding carboxylic acids is 2. The zero-order chi connectivity index (χ0) is 17.7. The van der Waals surface area contributed by atoms with Gasteiger partial charge in [-0.05, 0) is 25.0 Å². The van der Waals surface area contributed by atoms with Gasteiger partial charge in [0, 0.05) is 25.7 Å². The highest BCUT2D eigenvalue weighted by molar-refractivity contribution is 7.89. The SMILES string of the molecule is COC(=O)CN(C)S(=O)(=O)[C@H]1CCCN(C(=O)c2ccccc2)C1. The molecular weight excluding hydrogens is 332 g/mol. The fourth-order valence-corrected chi connectivity index (χ4v) is 4.35. The molecule has 0 radical (unpaired) electrons. The minimum atomic E-state index is -3.68. The summed E-state index contributed by atoms with van der Waals surface area (Å²) >= 11 is 0. The molecule has 0 saturated carbocycles. The van der Waals surface area contributed by atoms with Crippen LogP contribution in [0.1, 0.15) is 23.2 Å². The number of carbonyl (C=O) groups is 2. The predicted molar refractivity (Wildman–Crippen MR) is 88.9 cm³/mol. The van der Waals surface area contributed by atoms with Crippen LogP contribution < -0.4 is 0 Å². The number of piperidine rings is 1. The first kappa shape index (κ1) is 18.4. The zero-order valence-electron chi connectivity index (χ0n) is 13.8. The van der Waals surface area contributed by atoms with Crippen LogP contribution in [0.2, 0.25) is 0 Å². The molecule has 1 aromatic rings. The number of amides is 1. The second-order valence-corrected chi connectivity index (χ2v) is 8.08. The van der Waals surface area contributed by atoms with E-state index in [0.29, 0.717) is 24.9 Å². The van der Waals surface area contributed by atoms with Crippen molar-refractivity contribution in [2.75, 3.05) is 33.8 Å². The van der Waals surface area contributed by atoms with Crippen molar-refractivity contribution >= 4 is 21.9 Å². The molecule has 0 spiro atoms. The molecule has 1 aliphatic rings.